The standard InChI is InChI=1S/C47H48N4O7/c1-28-14-16-31(17-15-28)48-51-44(54)37-26-36-34(42(41-38(57-2)24-33(52)25-39(41)58-3)47(37,46(51)56)30-12-8-5-9-13-30)18-19-35-40(36)45(55)50(43(35)53)32-20-22-49(23-21-32)27-29-10-6-4-7-11-29/h4-18,24-25,32,35-37,40,42,48,52H,19-23,26-27H2,1-3H3. The van der Waals surface area contributed by atoms with Crippen LogP contribution in [0.5, 0.6) is 17.2 Å². The molecule has 0 bridgehead atoms. The van der Waals surface area contributed by atoms with E-state index in [9.17, 15) is 14.7 Å². The molecule has 0 radical (unpaired) electrons. The van der Waals surface area contributed by atoms with Crippen LogP contribution < -0.4 is 14.9 Å². The first-order valence-corrected chi connectivity index (χ1v) is 20.2. The first-order chi connectivity index (χ1) is 28.1. The van der Waals surface area contributed by atoms with Crippen LogP contribution in [0.1, 0.15) is 53.9 Å². The van der Waals surface area contributed by atoms with E-state index in [4.69, 9.17) is 9.47 Å². The Labute approximate surface area is 338 Å². The molecule has 11 nitrogen and oxygen atoms in total. The number of methoxy groups -OCH3 is 2. The number of ether oxygens (including phenoxy) is 2. The lowest BCUT2D eigenvalue weighted by molar-refractivity contribution is -0.144. The largest absolute Gasteiger partial charge is 0.508 e. The molecule has 298 valence electrons. The third kappa shape index (κ3) is 5.89. The van der Waals surface area contributed by atoms with Gasteiger partial charge in [0.25, 0.3) is 11.8 Å². The Hall–Kier alpha value is -5.94. The highest BCUT2D eigenvalue weighted by Crippen LogP contribution is 2.66. The summed E-state index contributed by atoms with van der Waals surface area (Å²) in [6, 6.07) is 29.9. The second-order valence-electron chi connectivity index (χ2n) is 16.4. The van der Waals surface area contributed by atoms with E-state index in [1.54, 1.807) is 4.90 Å². The van der Waals surface area contributed by atoms with Crippen molar-refractivity contribution in [3.05, 3.63) is 131 Å². The van der Waals surface area contributed by atoms with E-state index in [0.29, 0.717) is 36.1 Å². The smallest absolute Gasteiger partial charge is 0.260 e. The predicted octanol–water partition coefficient (Wildman–Crippen LogP) is 6.37. The quantitative estimate of drug-likeness (QED) is 0.147. The van der Waals surface area contributed by atoms with E-state index in [1.165, 1.54) is 31.9 Å². The van der Waals surface area contributed by atoms with Crippen molar-refractivity contribution < 1.29 is 33.8 Å². The van der Waals surface area contributed by atoms with E-state index < -0.39 is 46.8 Å². The zero-order valence-electron chi connectivity index (χ0n) is 33.0. The van der Waals surface area contributed by atoms with E-state index in [1.807, 2.05) is 85.8 Å². The molecule has 3 saturated heterocycles. The van der Waals surface area contributed by atoms with Gasteiger partial charge in [-0.3, -0.25) is 34.4 Å². The van der Waals surface area contributed by atoms with Crippen LogP contribution in [0.3, 0.4) is 0 Å². The van der Waals surface area contributed by atoms with Crippen molar-refractivity contribution in [1.82, 2.24) is 14.8 Å². The number of fused-ring (bicyclic) bond motifs is 4. The number of nitrogens with zero attached hydrogens (tertiary/aromatic N) is 3. The number of carbonyl (C=O) groups is 4. The molecule has 1 saturated carbocycles. The SMILES string of the molecule is COc1cc(O)cc(OC)c1C1C2=CCC3C(=O)N(C4CCN(Cc5ccccc5)CC4)C(=O)C3C2CC2C(=O)N(Nc3ccc(C)cc3)C(=O)C21c1ccccc1. The fourth-order valence-corrected chi connectivity index (χ4v) is 10.8. The molecule has 4 aromatic rings. The number of aromatic hydroxyl groups is 1. The summed E-state index contributed by atoms with van der Waals surface area (Å²) in [5.41, 5.74) is 6.38. The van der Waals surface area contributed by atoms with Crippen LogP contribution in [-0.2, 0) is 31.1 Å². The highest BCUT2D eigenvalue weighted by Gasteiger charge is 2.71. The summed E-state index contributed by atoms with van der Waals surface area (Å²) < 4.78 is 11.9. The van der Waals surface area contributed by atoms with Gasteiger partial charge in [0, 0.05) is 49.3 Å². The minimum absolute atomic E-state index is 0.0914. The summed E-state index contributed by atoms with van der Waals surface area (Å²) >= 11 is 0. The Morgan fingerprint density at radius 2 is 1.43 bits per heavy atom. The number of carbonyl (C=O) groups excluding carboxylic acids is 4. The number of allylic oxidation sites excluding steroid dienone is 2. The highest BCUT2D eigenvalue weighted by molar-refractivity contribution is 6.13. The number of likely N-dealkylation sites (tertiary alicyclic amines) is 2. The molecule has 6 atom stereocenters. The Morgan fingerprint density at radius 1 is 0.793 bits per heavy atom. The molecule has 3 aliphatic heterocycles. The number of amides is 4. The predicted molar refractivity (Wildman–Crippen MR) is 217 cm³/mol. The van der Waals surface area contributed by atoms with Gasteiger partial charge in [-0.1, -0.05) is 90.0 Å². The molecular formula is C47H48N4O7. The third-order valence-corrected chi connectivity index (χ3v) is 13.4. The molecule has 6 unspecified atom stereocenters. The molecule has 3 heterocycles. The van der Waals surface area contributed by atoms with Gasteiger partial charge >= 0.3 is 0 Å². The lowest BCUT2D eigenvalue weighted by atomic mass is 9.49. The molecular weight excluding hydrogens is 733 g/mol. The average Bonchev–Trinajstić information content (AvgIpc) is 3.63. The van der Waals surface area contributed by atoms with Crippen LogP contribution in [0.25, 0.3) is 0 Å². The minimum Gasteiger partial charge on any atom is -0.508 e. The fraction of sp³-hybridized carbons (Fsp3) is 0.362. The maximum Gasteiger partial charge on any atom is 0.260 e. The number of hydrogen-bond donors (Lipinski definition) is 2. The molecule has 2 N–H and O–H groups in total. The number of anilines is 1. The van der Waals surface area contributed by atoms with Gasteiger partial charge in [-0.25, -0.2) is 0 Å². The molecule has 0 aromatic heterocycles. The van der Waals surface area contributed by atoms with Gasteiger partial charge in [-0.15, -0.1) is 0 Å². The Morgan fingerprint density at radius 3 is 2.07 bits per heavy atom. The highest BCUT2D eigenvalue weighted by atomic mass is 16.5. The first-order valence-electron chi connectivity index (χ1n) is 20.2. The number of benzene rings is 4. The molecule has 11 heteroatoms. The minimum atomic E-state index is -1.51. The van der Waals surface area contributed by atoms with Crippen molar-refractivity contribution >= 4 is 29.3 Å². The Bertz CT molecular complexity index is 2260. The number of phenolic OH excluding ortho intramolecular Hbond substituents is 1. The van der Waals surface area contributed by atoms with Crippen molar-refractivity contribution in [2.45, 2.75) is 56.5 Å². The van der Waals surface area contributed by atoms with Crippen LogP contribution in [0.2, 0.25) is 0 Å². The molecule has 4 amide bonds. The lowest BCUT2D eigenvalue weighted by Crippen LogP contribution is -2.53. The van der Waals surface area contributed by atoms with Crippen LogP contribution in [0, 0.1) is 30.6 Å². The maximum atomic E-state index is 15.6. The van der Waals surface area contributed by atoms with Crippen LogP contribution >= 0.6 is 0 Å². The van der Waals surface area contributed by atoms with Gasteiger partial charge in [-0.05, 0) is 61.8 Å². The molecule has 0 spiro atoms. The summed E-state index contributed by atoms with van der Waals surface area (Å²) in [4.78, 5) is 64.0. The van der Waals surface area contributed by atoms with E-state index >= 15 is 9.59 Å². The summed E-state index contributed by atoms with van der Waals surface area (Å²) in [5.74, 6) is -4.38. The van der Waals surface area contributed by atoms with Gasteiger partial charge in [0.2, 0.25) is 11.8 Å². The van der Waals surface area contributed by atoms with E-state index in [2.05, 4.69) is 22.5 Å². The number of rotatable bonds is 9. The van der Waals surface area contributed by atoms with Gasteiger partial charge in [0.1, 0.15) is 17.2 Å². The van der Waals surface area contributed by atoms with Crippen molar-refractivity contribution in [3.63, 3.8) is 0 Å². The normalized spacial score (nSPS) is 27.2. The molecule has 4 aromatic carbocycles. The zero-order valence-corrected chi connectivity index (χ0v) is 33.0. The topological polar surface area (TPSA) is 129 Å². The zero-order chi connectivity index (χ0) is 40.3. The molecule has 2 aliphatic carbocycles. The summed E-state index contributed by atoms with van der Waals surface area (Å²) in [6.07, 6.45) is 3.90. The number of phenols is 1. The summed E-state index contributed by atoms with van der Waals surface area (Å²) in [5, 5.41) is 12.0. The molecule has 58 heavy (non-hydrogen) atoms. The number of piperidine rings is 1. The second kappa shape index (κ2) is 14.8. The summed E-state index contributed by atoms with van der Waals surface area (Å²) in [7, 11) is 2.98. The van der Waals surface area contributed by atoms with E-state index in [0.717, 1.165) is 35.8 Å². The van der Waals surface area contributed by atoms with E-state index in [-0.39, 0.29) is 41.5 Å². The number of nitrogens with one attached hydrogen (secondary N) is 1. The Balaban J connectivity index is 1.14. The fourth-order valence-electron chi connectivity index (χ4n) is 10.8. The molecule has 5 aliphatic rings. The summed E-state index contributed by atoms with van der Waals surface area (Å²) in [6.45, 7) is 4.31. The van der Waals surface area contributed by atoms with Gasteiger partial charge in [-0.2, -0.15) is 5.01 Å². The monoisotopic (exact) mass is 780 g/mol. The maximum absolute atomic E-state index is 15.6. The number of hydrogen-bond acceptors (Lipinski definition) is 9. The first kappa shape index (κ1) is 37.6. The number of aryl methyl sites for hydroxylation is 1. The van der Waals surface area contributed by atoms with Crippen LogP contribution in [0.15, 0.2) is 109 Å². The van der Waals surface area contributed by atoms with Gasteiger partial charge in [0.15, 0.2) is 0 Å². The lowest BCUT2D eigenvalue weighted by Gasteiger charge is -2.51. The Kier molecular flexibility index (Phi) is 9.59. The van der Waals surface area contributed by atoms with Crippen LogP contribution in [0.4, 0.5) is 5.69 Å². The van der Waals surface area contributed by atoms with Gasteiger partial charge in [0.05, 0.1) is 43.1 Å². The van der Waals surface area contributed by atoms with Crippen molar-refractivity contribution in [2.75, 3.05) is 32.7 Å². The second-order valence-corrected chi connectivity index (χ2v) is 16.4. The molecule has 4 fully saturated rings. The number of hydrazine groups is 1. The van der Waals surface area contributed by atoms with Crippen molar-refractivity contribution in [1.29, 1.82) is 0 Å². The van der Waals surface area contributed by atoms with Crippen LogP contribution in [-0.4, -0.2) is 76.9 Å². The molecule has 9 rings (SSSR count). The third-order valence-electron chi connectivity index (χ3n) is 13.4. The van der Waals surface area contributed by atoms with Crippen molar-refractivity contribution in [2.24, 2.45) is 23.7 Å². The number of imide groups is 2. The van der Waals surface area contributed by atoms with Crippen molar-refractivity contribution in [3.8, 4) is 17.2 Å². The van der Waals surface area contributed by atoms with Gasteiger partial charge < -0.3 is 14.6 Å². The average molecular weight is 781 g/mol.